The van der Waals surface area contributed by atoms with Crippen LogP contribution in [0.3, 0.4) is 0 Å². The number of sulfonamides is 1. The molecule has 1 saturated carbocycles. The van der Waals surface area contributed by atoms with E-state index in [4.69, 9.17) is 16.3 Å². The summed E-state index contributed by atoms with van der Waals surface area (Å²) in [5.74, 6) is 1.33. The van der Waals surface area contributed by atoms with Crippen LogP contribution >= 0.6 is 27.5 Å². The molecule has 21 heavy (non-hydrogen) atoms. The minimum Gasteiger partial charge on any atom is -0.494 e. The molecule has 2 aliphatic rings. The minimum atomic E-state index is -3.57. The predicted molar refractivity (Wildman–Crippen MR) is 85.3 cm³/mol. The first kappa shape index (κ1) is 15.6. The van der Waals surface area contributed by atoms with Gasteiger partial charge in [-0.2, -0.15) is 4.31 Å². The summed E-state index contributed by atoms with van der Waals surface area (Å²) in [7, 11) is -2.11. The largest absolute Gasteiger partial charge is 0.494 e. The fourth-order valence-electron chi connectivity index (χ4n) is 3.45. The Morgan fingerprint density at radius 3 is 2.48 bits per heavy atom. The van der Waals surface area contributed by atoms with Gasteiger partial charge < -0.3 is 4.74 Å². The molecule has 1 saturated heterocycles. The zero-order chi connectivity index (χ0) is 15.2. The van der Waals surface area contributed by atoms with Crippen LogP contribution in [0.2, 0.25) is 5.02 Å². The van der Waals surface area contributed by atoms with Gasteiger partial charge in [0.25, 0.3) is 0 Å². The number of methoxy groups -OCH3 is 1. The Bertz CT molecular complexity index is 652. The van der Waals surface area contributed by atoms with E-state index < -0.39 is 10.0 Å². The third-order valence-electron chi connectivity index (χ3n) is 4.49. The van der Waals surface area contributed by atoms with Gasteiger partial charge in [0, 0.05) is 18.1 Å². The Morgan fingerprint density at radius 2 is 1.90 bits per heavy atom. The smallest absolute Gasteiger partial charge is 0.246 e. The summed E-state index contributed by atoms with van der Waals surface area (Å²) >= 11 is 9.33. The third-order valence-corrected chi connectivity index (χ3v) is 7.13. The van der Waals surface area contributed by atoms with Crippen molar-refractivity contribution in [1.29, 1.82) is 0 Å². The van der Waals surface area contributed by atoms with Crippen molar-refractivity contribution < 1.29 is 13.2 Å². The maximum absolute atomic E-state index is 12.9. The van der Waals surface area contributed by atoms with Gasteiger partial charge in [-0.25, -0.2) is 8.42 Å². The van der Waals surface area contributed by atoms with Gasteiger partial charge in [0.15, 0.2) is 5.75 Å². The van der Waals surface area contributed by atoms with Crippen LogP contribution in [0.25, 0.3) is 0 Å². The fourth-order valence-corrected chi connectivity index (χ4v) is 6.38. The highest BCUT2D eigenvalue weighted by atomic mass is 79.9. The first-order chi connectivity index (χ1) is 9.93. The van der Waals surface area contributed by atoms with Gasteiger partial charge in [-0.15, -0.1) is 0 Å². The van der Waals surface area contributed by atoms with E-state index in [1.165, 1.54) is 19.6 Å². The van der Waals surface area contributed by atoms with Gasteiger partial charge in [-0.05, 0) is 52.7 Å². The topological polar surface area (TPSA) is 46.6 Å². The number of hydrogen-bond acceptors (Lipinski definition) is 3. The van der Waals surface area contributed by atoms with Gasteiger partial charge in [-0.1, -0.05) is 18.0 Å². The lowest BCUT2D eigenvalue weighted by Crippen LogP contribution is -2.30. The lowest BCUT2D eigenvalue weighted by molar-refractivity contribution is 0.393. The first-order valence-electron chi connectivity index (χ1n) is 6.96. The van der Waals surface area contributed by atoms with Crippen molar-refractivity contribution in [2.45, 2.75) is 24.2 Å². The summed E-state index contributed by atoms with van der Waals surface area (Å²) in [5, 5.41) is 0.376. The zero-order valence-corrected chi connectivity index (χ0v) is 14.8. The maximum Gasteiger partial charge on any atom is 0.246 e. The van der Waals surface area contributed by atoms with E-state index in [9.17, 15) is 8.42 Å². The highest BCUT2D eigenvalue weighted by Crippen LogP contribution is 2.42. The fraction of sp³-hybridized carbons (Fsp3) is 0.571. The van der Waals surface area contributed by atoms with Crippen molar-refractivity contribution in [3.05, 3.63) is 21.6 Å². The summed E-state index contributed by atoms with van der Waals surface area (Å²) in [5.41, 5.74) is 0. The van der Waals surface area contributed by atoms with Gasteiger partial charge in [0.05, 0.1) is 11.6 Å². The molecule has 3 rings (SSSR count). The minimum absolute atomic E-state index is 0.143. The van der Waals surface area contributed by atoms with Crippen molar-refractivity contribution in [1.82, 2.24) is 4.31 Å². The molecular weight excluding hydrogens is 378 g/mol. The average Bonchev–Trinajstić information content (AvgIpc) is 2.98. The molecule has 116 valence electrons. The van der Waals surface area contributed by atoms with Crippen LogP contribution in [-0.4, -0.2) is 32.9 Å². The van der Waals surface area contributed by atoms with Gasteiger partial charge in [-0.3, -0.25) is 0 Å². The summed E-state index contributed by atoms with van der Waals surface area (Å²) in [6.45, 7) is 1.22. The molecule has 1 aliphatic carbocycles. The van der Waals surface area contributed by atoms with Crippen molar-refractivity contribution in [2.24, 2.45) is 11.8 Å². The Kier molecular flexibility index (Phi) is 4.25. The van der Waals surface area contributed by atoms with Gasteiger partial charge in [0.2, 0.25) is 10.0 Å². The lowest BCUT2D eigenvalue weighted by atomic mass is 10.0. The third kappa shape index (κ3) is 2.71. The molecule has 0 radical (unpaired) electrons. The number of hydrogen-bond donors (Lipinski definition) is 0. The second-order valence-corrected chi connectivity index (χ2v) is 8.89. The molecule has 0 spiro atoms. The highest BCUT2D eigenvalue weighted by molar-refractivity contribution is 9.10. The van der Waals surface area contributed by atoms with E-state index in [2.05, 4.69) is 15.9 Å². The molecule has 0 N–H and O–H groups in total. The van der Waals surface area contributed by atoms with E-state index in [1.54, 1.807) is 10.4 Å². The monoisotopic (exact) mass is 393 g/mol. The number of rotatable bonds is 3. The van der Waals surface area contributed by atoms with Crippen LogP contribution in [-0.2, 0) is 10.0 Å². The Labute approximate surface area is 138 Å². The van der Waals surface area contributed by atoms with Crippen LogP contribution in [0.1, 0.15) is 19.3 Å². The van der Waals surface area contributed by atoms with Crippen LogP contribution in [0.4, 0.5) is 0 Å². The van der Waals surface area contributed by atoms with Gasteiger partial charge >= 0.3 is 0 Å². The second kappa shape index (κ2) is 5.72. The predicted octanol–water partition coefficient (Wildman–Crippen LogP) is 3.53. The standard InChI is InChI=1S/C14H17BrClNO3S/c1-20-14-12(15)5-11(16)6-13(14)21(18,19)17-7-9-3-2-4-10(9)8-17/h5-6,9-10H,2-4,7-8H2,1H3/t9-,10+. The molecule has 7 heteroatoms. The second-order valence-electron chi connectivity index (χ2n) is 5.69. The van der Waals surface area contributed by atoms with E-state index in [-0.39, 0.29) is 4.90 Å². The van der Waals surface area contributed by atoms with Crippen LogP contribution in [0, 0.1) is 11.8 Å². The van der Waals surface area contributed by atoms with E-state index in [0.29, 0.717) is 40.2 Å². The van der Waals surface area contributed by atoms with Crippen molar-refractivity contribution in [3.63, 3.8) is 0 Å². The first-order valence-corrected chi connectivity index (χ1v) is 9.57. The van der Waals surface area contributed by atoms with Gasteiger partial charge in [0.1, 0.15) is 4.90 Å². The zero-order valence-electron chi connectivity index (χ0n) is 11.7. The Morgan fingerprint density at radius 1 is 1.29 bits per heavy atom. The van der Waals surface area contributed by atoms with Crippen LogP contribution < -0.4 is 4.74 Å². The molecule has 4 nitrogen and oxygen atoms in total. The molecule has 0 amide bonds. The molecule has 0 bridgehead atoms. The maximum atomic E-state index is 12.9. The molecule has 1 aliphatic heterocycles. The number of ether oxygens (including phenoxy) is 1. The highest BCUT2D eigenvalue weighted by Gasteiger charge is 2.42. The van der Waals surface area contributed by atoms with E-state index >= 15 is 0 Å². The van der Waals surface area contributed by atoms with Crippen molar-refractivity contribution >= 4 is 37.6 Å². The quantitative estimate of drug-likeness (QED) is 0.788. The molecule has 2 atom stereocenters. The number of nitrogens with zero attached hydrogens (tertiary/aromatic N) is 1. The SMILES string of the molecule is COc1c(Br)cc(Cl)cc1S(=O)(=O)N1C[C@H]2CCC[C@H]2C1. The number of halogens is 2. The molecule has 0 unspecified atom stereocenters. The summed E-state index contributed by atoms with van der Waals surface area (Å²) in [6, 6.07) is 3.10. The summed E-state index contributed by atoms with van der Waals surface area (Å²) in [6.07, 6.45) is 3.48. The molecule has 1 aromatic carbocycles. The van der Waals surface area contributed by atoms with E-state index in [0.717, 1.165) is 12.8 Å². The lowest BCUT2D eigenvalue weighted by Gasteiger charge is -2.20. The summed E-state index contributed by atoms with van der Waals surface area (Å²) < 4.78 is 33.2. The van der Waals surface area contributed by atoms with E-state index in [1.807, 2.05) is 0 Å². The number of benzene rings is 1. The van der Waals surface area contributed by atoms with Crippen molar-refractivity contribution in [2.75, 3.05) is 20.2 Å². The normalized spacial score (nSPS) is 26.0. The summed E-state index contributed by atoms with van der Waals surface area (Å²) in [4.78, 5) is 0.143. The van der Waals surface area contributed by atoms with Crippen LogP contribution in [0.15, 0.2) is 21.5 Å². The molecule has 1 heterocycles. The van der Waals surface area contributed by atoms with Crippen molar-refractivity contribution in [3.8, 4) is 5.75 Å². The molecule has 2 fully saturated rings. The Hall–Kier alpha value is -0.300. The Balaban J connectivity index is 1.99. The average molecular weight is 395 g/mol. The molecule has 1 aromatic rings. The molecular formula is C14H17BrClNO3S. The number of fused-ring (bicyclic) bond motifs is 1. The van der Waals surface area contributed by atoms with Crippen LogP contribution in [0.5, 0.6) is 5.75 Å². The molecule has 0 aromatic heterocycles.